The molecule has 3 heterocycles. The highest BCUT2D eigenvalue weighted by atomic mass is 32.2. The fourth-order valence-corrected chi connectivity index (χ4v) is 9.47. The summed E-state index contributed by atoms with van der Waals surface area (Å²) in [4.78, 5) is 22.6. The van der Waals surface area contributed by atoms with Gasteiger partial charge in [0, 0.05) is 63.6 Å². The Labute approximate surface area is 511 Å². The van der Waals surface area contributed by atoms with E-state index in [2.05, 4.69) is 0 Å². The van der Waals surface area contributed by atoms with Gasteiger partial charge in [-0.1, -0.05) is 0 Å². The van der Waals surface area contributed by atoms with Gasteiger partial charge in [0.15, 0.2) is 75.4 Å². The van der Waals surface area contributed by atoms with Gasteiger partial charge in [-0.2, -0.15) is 23.5 Å². The van der Waals surface area contributed by atoms with E-state index in [-0.39, 0.29) is 23.0 Å². The standard InChI is InChI=1S/C48H80N2O37S2/c49-16(40(70)71)14-88-11-5-22-29(60)36(67)44(76)82-19(2-8-52)26(57)33(64)42(74)80-18(1-7-51)25(56)32(63)43(75)81-20(3-9-53)27(58)34(65)45(77)84-23(6-12-89-15-17(50)41(72)73)30(61)37(68)47(79)87-39-24(13-55)86-48(38(69)31(39)62)85-21(4-10-54)28(59)35(66)46(78)83-22/h16-24,31,38-39,42-48,51-69,74-79H,1-15,49-50H2,(H,70,71)(H,72,73)/b32-25-,33-26+,34-27-,35-28+,36-29+,37-30-/t16-,17-,18-,19-,20-,21-,22-,23-,24?,31-,38?,39-,42-,43-,44+,45-,46+,47-,48-/m1/s1. The largest absolute Gasteiger partial charge is 0.506 e. The van der Waals surface area contributed by atoms with Crippen molar-refractivity contribution in [3.05, 3.63) is 69.1 Å². The summed E-state index contributed by atoms with van der Waals surface area (Å²) in [6.07, 6.45) is -46.7. The second kappa shape index (κ2) is 39.2. The van der Waals surface area contributed by atoms with Crippen molar-refractivity contribution in [2.24, 2.45) is 11.5 Å². The van der Waals surface area contributed by atoms with Crippen molar-refractivity contribution in [1.82, 2.24) is 0 Å². The lowest BCUT2D eigenvalue weighted by Crippen LogP contribution is -2.61. The van der Waals surface area contributed by atoms with Gasteiger partial charge in [0.05, 0.1) is 6.61 Å². The van der Waals surface area contributed by atoms with E-state index in [1.807, 2.05) is 0 Å². The molecule has 1 saturated heterocycles. The first-order valence-corrected chi connectivity index (χ1v) is 28.6. The number of aliphatic hydroxyl groups is 25. The molecule has 0 aromatic carbocycles. The van der Waals surface area contributed by atoms with Crippen molar-refractivity contribution in [1.29, 1.82) is 0 Å². The highest BCUT2D eigenvalue weighted by Crippen LogP contribution is 2.32. The Bertz CT molecular complexity index is 2400. The Morgan fingerprint density at radius 1 is 0.360 bits per heavy atom. The Morgan fingerprint density at radius 3 is 0.854 bits per heavy atom. The summed E-state index contributed by atoms with van der Waals surface area (Å²) >= 11 is 1.52. The van der Waals surface area contributed by atoms with Crippen LogP contribution in [0.25, 0.3) is 0 Å². The first kappa shape index (κ1) is 79.9. The number of ether oxygens (including phenoxy) is 8. The molecule has 0 saturated carbocycles. The molecular formula is C48H80N2O37S2. The van der Waals surface area contributed by atoms with Gasteiger partial charge in [0.25, 0.3) is 0 Å². The van der Waals surface area contributed by atoms with Crippen molar-refractivity contribution in [2.45, 2.75) is 156 Å². The van der Waals surface area contributed by atoms with Crippen LogP contribution in [0.2, 0.25) is 0 Å². The quantitative estimate of drug-likeness (QED) is 0.0477. The van der Waals surface area contributed by atoms with E-state index in [9.17, 15) is 147 Å². The number of aliphatic carboxylic acids is 2. The Morgan fingerprint density at radius 2 is 0.607 bits per heavy atom. The highest BCUT2D eigenvalue weighted by Gasteiger charge is 2.49. The lowest BCUT2D eigenvalue weighted by atomic mass is 9.98. The molecule has 0 aromatic rings. The summed E-state index contributed by atoms with van der Waals surface area (Å²) in [6.45, 7) is -5.27. The molecule has 0 amide bonds. The predicted octanol–water partition coefficient (Wildman–Crippen LogP) is -5.39. The molecule has 41 heteroatoms. The van der Waals surface area contributed by atoms with E-state index in [1.54, 1.807) is 0 Å². The van der Waals surface area contributed by atoms with Crippen LogP contribution in [0.1, 0.15) is 38.5 Å². The van der Waals surface area contributed by atoms with Crippen LogP contribution in [0, 0.1) is 0 Å². The fraction of sp³-hybridized carbons (Fsp3) is 0.708. The monoisotopic (exact) mass is 1340 g/mol. The maximum Gasteiger partial charge on any atom is 0.321 e. The van der Waals surface area contributed by atoms with E-state index in [0.29, 0.717) is 0 Å². The molecule has 0 aromatic heterocycles. The van der Waals surface area contributed by atoms with Gasteiger partial charge >= 0.3 is 11.9 Å². The van der Waals surface area contributed by atoms with Crippen LogP contribution >= 0.6 is 23.5 Å². The summed E-state index contributed by atoms with van der Waals surface area (Å²) in [5.74, 6) is -23.5. The second-order valence-corrected chi connectivity index (χ2v) is 21.3. The van der Waals surface area contributed by atoms with Gasteiger partial charge in [0.1, 0.15) is 73.1 Å². The number of thioether (sulfide) groups is 2. The van der Waals surface area contributed by atoms with Gasteiger partial charge in [-0.05, 0) is 24.3 Å². The Hall–Kier alpha value is -5.24. The lowest BCUT2D eigenvalue weighted by Gasteiger charge is -2.43. The van der Waals surface area contributed by atoms with Gasteiger partial charge in [-0.25, -0.2) is 0 Å². The molecule has 3 aliphatic rings. The minimum atomic E-state index is -2.91. The smallest absolute Gasteiger partial charge is 0.321 e. The number of hydrogen-bond donors (Lipinski definition) is 29. The van der Waals surface area contributed by atoms with Crippen LogP contribution in [0.15, 0.2) is 69.1 Å². The maximum atomic E-state index is 11.3. The molecule has 0 spiro atoms. The predicted molar refractivity (Wildman–Crippen MR) is 294 cm³/mol. The van der Waals surface area contributed by atoms with Crippen LogP contribution in [-0.2, 0) is 47.5 Å². The number of carboxylic acid groups (broad SMARTS) is 2. The lowest BCUT2D eigenvalue weighted by molar-refractivity contribution is -0.329. The molecule has 89 heavy (non-hydrogen) atoms. The molecular weight excluding hydrogens is 1260 g/mol. The number of fused-ring (bicyclic) bond motifs is 26. The molecule has 19 atom stereocenters. The Kier molecular flexibility index (Phi) is 35.2. The van der Waals surface area contributed by atoms with E-state index in [4.69, 9.17) is 49.4 Å². The number of nitrogens with two attached hydrogens (primary N) is 2. The van der Waals surface area contributed by atoms with Crippen molar-refractivity contribution in [3.8, 4) is 0 Å². The third kappa shape index (κ3) is 23.7. The molecule has 1 fully saturated rings. The van der Waals surface area contributed by atoms with Crippen LogP contribution in [0.5, 0.6) is 0 Å². The van der Waals surface area contributed by atoms with E-state index in [0.717, 1.165) is 23.5 Å². The van der Waals surface area contributed by atoms with Gasteiger partial charge in [-0.15, -0.1) is 0 Å². The second-order valence-electron chi connectivity index (χ2n) is 19.0. The van der Waals surface area contributed by atoms with E-state index >= 15 is 0 Å². The molecule has 0 radical (unpaired) electrons. The van der Waals surface area contributed by atoms with Crippen molar-refractivity contribution in [3.63, 3.8) is 0 Å². The van der Waals surface area contributed by atoms with Crippen molar-refractivity contribution < 1.29 is 185 Å². The number of carbonyl (C=O) groups is 2. The van der Waals surface area contributed by atoms with Gasteiger partial charge in [0.2, 0.25) is 37.7 Å². The molecule has 39 nitrogen and oxygen atoms in total. The minimum Gasteiger partial charge on any atom is -0.506 e. The molecule has 31 N–H and O–H groups in total. The molecule has 2 bridgehead atoms. The number of aliphatic hydroxyl groups excluding tert-OH is 25. The van der Waals surface area contributed by atoms with Gasteiger partial charge in [-0.3, -0.25) is 9.59 Å². The van der Waals surface area contributed by atoms with Crippen LogP contribution < -0.4 is 11.5 Å². The number of rotatable bonds is 21. The van der Waals surface area contributed by atoms with Crippen molar-refractivity contribution in [2.75, 3.05) is 56.0 Å². The fourth-order valence-electron chi connectivity index (χ4n) is 7.59. The zero-order chi connectivity index (χ0) is 67.7. The first-order valence-electron chi connectivity index (χ1n) is 26.3. The van der Waals surface area contributed by atoms with E-state index < -0.39 is 270 Å². The minimum absolute atomic E-state index is 0.320. The number of hydrogen-bond acceptors (Lipinski definition) is 39. The third-order valence-corrected chi connectivity index (χ3v) is 14.8. The molecule has 2 unspecified atom stereocenters. The normalized spacial score (nSPS) is 37.3. The zero-order valence-electron chi connectivity index (χ0n) is 46.7. The van der Waals surface area contributed by atoms with Crippen molar-refractivity contribution >= 4 is 35.5 Å². The van der Waals surface area contributed by atoms with Gasteiger partial charge < -0.3 is 187 Å². The van der Waals surface area contributed by atoms with Crippen LogP contribution in [0.3, 0.4) is 0 Å². The average Bonchev–Trinajstić information content (AvgIpc) is 1.20. The summed E-state index contributed by atoms with van der Waals surface area (Å²) in [7, 11) is 0. The average molecular weight is 1340 g/mol. The van der Waals surface area contributed by atoms with Crippen LogP contribution in [0.4, 0.5) is 0 Å². The summed E-state index contributed by atoms with van der Waals surface area (Å²) in [5, 5.41) is 288. The molecule has 0 aliphatic carbocycles. The zero-order valence-corrected chi connectivity index (χ0v) is 48.3. The SMILES string of the molecule is N[C@H](CSCC[C@H]1O[C@@H](O)/C(O)=C(/O)[C@@H](CCO)O[C@@H](O)/C(O)=C(/O)[C@@H](CCO)O[C@@H](O)/C(O)=C(\O)[C@@H](CCO)O[C@H](O)/C(O)=C(\O)[C@@H](CCSC[C@@H](N)C(=O)O)O[C@H](O)/C(O)=C(\O)[C@@H](CCO)O[C@@H]2OC(CO)[C@@H](O[C@@H](O)/C(O)=C\1O)[C@H](O)C2O)C(=O)O. The summed E-state index contributed by atoms with van der Waals surface area (Å²) in [5.41, 5.74) is 11.0. The van der Waals surface area contributed by atoms with Crippen LogP contribution in [-0.4, -0.2) is 323 Å². The topological polar surface area (TPSA) is 706 Å². The maximum absolute atomic E-state index is 11.3. The number of carboxylic acids is 2. The molecule has 3 aliphatic heterocycles. The third-order valence-electron chi connectivity index (χ3n) is 12.5. The molecule has 516 valence electrons. The Balaban J connectivity index is 2.96. The van der Waals surface area contributed by atoms with E-state index in [1.165, 1.54) is 0 Å². The molecule has 3 rings (SSSR count). The highest BCUT2D eigenvalue weighted by molar-refractivity contribution is 7.99. The first-order chi connectivity index (χ1) is 41.8. The summed E-state index contributed by atoms with van der Waals surface area (Å²) < 4.78 is 42.0. The summed E-state index contributed by atoms with van der Waals surface area (Å²) in [6, 6.07) is -2.94.